The number of halogens is 1. The van der Waals surface area contributed by atoms with Gasteiger partial charge in [-0.2, -0.15) is 0 Å². The first-order valence-electron chi connectivity index (χ1n) is 13.2. The van der Waals surface area contributed by atoms with Gasteiger partial charge in [0.2, 0.25) is 4.11 Å². The van der Waals surface area contributed by atoms with E-state index < -0.39 is 33.5 Å². The monoisotopic (exact) mass is 686 g/mol. The zero-order chi connectivity index (χ0) is 31.2. The van der Waals surface area contributed by atoms with Crippen LogP contribution in [0, 0.1) is 20.8 Å². The number of imide groups is 1. The molecule has 3 rings (SSSR count). The molecule has 0 N–H and O–H groups in total. The SMILES string of the molecule is COc1cccc(C(=O)N(C(=O)OC(I)C(=O)OCc2ccccc2)N(C(=O)c2cc(C)cc(C)c2)C(C)(C)C)c1C. The highest BCUT2D eigenvalue weighted by atomic mass is 127. The molecule has 0 heterocycles. The van der Waals surface area contributed by atoms with E-state index in [1.807, 2.05) is 38.1 Å². The van der Waals surface area contributed by atoms with E-state index in [2.05, 4.69) is 0 Å². The maximum atomic E-state index is 14.2. The Labute approximate surface area is 259 Å². The van der Waals surface area contributed by atoms with Crippen molar-refractivity contribution in [1.82, 2.24) is 10.0 Å². The van der Waals surface area contributed by atoms with Gasteiger partial charge in [0.25, 0.3) is 11.8 Å². The number of alkyl halides is 1. The smallest absolute Gasteiger partial charge is 0.438 e. The van der Waals surface area contributed by atoms with Gasteiger partial charge in [-0.15, -0.1) is 5.01 Å². The van der Waals surface area contributed by atoms with Crippen LogP contribution in [0.15, 0.2) is 66.7 Å². The molecule has 0 fully saturated rings. The van der Waals surface area contributed by atoms with Crippen molar-refractivity contribution in [1.29, 1.82) is 0 Å². The Morgan fingerprint density at radius 2 is 1.48 bits per heavy atom. The number of hydrogen-bond acceptors (Lipinski definition) is 7. The summed E-state index contributed by atoms with van der Waals surface area (Å²) in [5, 5.41) is 1.71. The highest BCUT2D eigenvalue weighted by molar-refractivity contribution is 14.1. The van der Waals surface area contributed by atoms with Crippen LogP contribution in [-0.4, -0.2) is 50.7 Å². The Kier molecular flexibility index (Phi) is 10.7. The fourth-order valence-corrected chi connectivity index (χ4v) is 4.73. The lowest BCUT2D eigenvalue weighted by Crippen LogP contribution is -2.60. The normalized spacial score (nSPS) is 11.7. The lowest BCUT2D eigenvalue weighted by atomic mass is 10.0. The zero-order valence-electron chi connectivity index (χ0n) is 24.8. The van der Waals surface area contributed by atoms with Crippen molar-refractivity contribution in [2.24, 2.45) is 0 Å². The van der Waals surface area contributed by atoms with E-state index >= 15 is 0 Å². The molecule has 0 aliphatic rings. The predicted octanol–water partition coefficient (Wildman–Crippen LogP) is 6.56. The molecule has 3 aromatic rings. The van der Waals surface area contributed by atoms with E-state index in [4.69, 9.17) is 14.2 Å². The fourth-order valence-electron chi connectivity index (χ4n) is 4.33. The number of hydrogen-bond donors (Lipinski definition) is 0. The molecule has 9 nitrogen and oxygen atoms in total. The topological polar surface area (TPSA) is 102 Å². The molecule has 0 aromatic heterocycles. The van der Waals surface area contributed by atoms with Gasteiger partial charge in [-0.1, -0.05) is 53.6 Å². The molecule has 0 bridgehead atoms. The number of benzene rings is 3. The van der Waals surface area contributed by atoms with Crippen molar-refractivity contribution in [3.8, 4) is 5.75 Å². The van der Waals surface area contributed by atoms with Crippen molar-refractivity contribution >= 4 is 46.5 Å². The van der Waals surface area contributed by atoms with Crippen LogP contribution in [0.3, 0.4) is 0 Å². The average Bonchev–Trinajstić information content (AvgIpc) is 2.93. The molecular formula is C32H35IN2O7. The van der Waals surface area contributed by atoms with Gasteiger partial charge in [-0.05, 0) is 94.0 Å². The molecule has 10 heteroatoms. The van der Waals surface area contributed by atoms with Gasteiger partial charge in [-0.3, -0.25) is 9.59 Å². The van der Waals surface area contributed by atoms with Crippen molar-refractivity contribution in [3.63, 3.8) is 0 Å². The molecule has 0 spiro atoms. The predicted molar refractivity (Wildman–Crippen MR) is 166 cm³/mol. The van der Waals surface area contributed by atoms with E-state index in [9.17, 15) is 19.2 Å². The van der Waals surface area contributed by atoms with Crippen LogP contribution in [0.25, 0.3) is 0 Å². The molecule has 0 saturated carbocycles. The number of amides is 3. The molecule has 42 heavy (non-hydrogen) atoms. The molecule has 1 unspecified atom stereocenters. The van der Waals surface area contributed by atoms with Crippen LogP contribution >= 0.6 is 22.6 Å². The summed E-state index contributed by atoms with van der Waals surface area (Å²) >= 11 is 1.62. The summed E-state index contributed by atoms with van der Waals surface area (Å²) in [5.41, 5.74) is 2.21. The second-order valence-corrected chi connectivity index (χ2v) is 11.8. The Balaban J connectivity index is 2.03. The van der Waals surface area contributed by atoms with Crippen molar-refractivity contribution in [2.45, 2.75) is 57.8 Å². The van der Waals surface area contributed by atoms with Crippen LogP contribution in [0.5, 0.6) is 5.75 Å². The van der Waals surface area contributed by atoms with E-state index in [0.717, 1.165) is 21.7 Å². The number of carbonyl (C=O) groups excluding carboxylic acids is 4. The van der Waals surface area contributed by atoms with Crippen LogP contribution in [0.4, 0.5) is 4.79 Å². The number of ether oxygens (including phenoxy) is 3. The van der Waals surface area contributed by atoms with Gasteiger partial charge in [0.1, 0.15) is 12.4 Å². The standard InChI is InChI=1S/C32H35IN2O7/c1-20-16-21(2)18-24(17-20)28(36)35(32(4,5)6)34(29(37)25-14-11-15-26(40-7)22(25)3)31(39)42-27(33)30(38)41-19-23-12-9-8-10-13-23/h8-18,27H,19H2,1-7H3. The van der Waals surface area contributed by atoms with Crippen LogP contribution < -0.4 is 4.74 Å². The van der Waals surface area contributed by atoms with Crippen molar-refractivity contribution < 1.29 is 33.4 Å². The number of esters is 1. The van der Waals surface area contributed by atoms with Crippen LogP contribution in [-0.2, 0) is 20.9 Å². The van der Waals surface area contributed by atoms with Gasteiger partial charge in [0.05, 0.1) is 12.6 Å². The van der Waals surface area contributed by atoms with E-state index in [1.165, 1.54) is 13.2 Å². The number of aryl methyl sites for hydroxylation is 2. The fraction of sp³-hybridized carbons (Fsp3) is 0.312. The zero-order valence-corrected chi connectivity index (χ0v) is 26.9. The summed E-state index contributed by atoms with van der Waals surface area (Å²) in [6.07, 6.45) is -1.22. The first-order valence-corrected chi connectivity index (χ1v) is 14.4. The van der Waals surface area contributed by atoms with Gasteiger partial charge in [-0.25, -0.2) is 14.6 Å². The minimum Gasteiger partial charge on any atom is -0.496 e. The van der Waals surface area contributed by atoms with E-state index in [0.29, 0.717) is 16.3 Å². The number of methoxy groups -OCH3 is 1. The van der Waals surface area contributed by atoms with Crippen molar-refractivity contribution in [2.75, 3.05) is 7.11 Å². The summed E-state index contributed by atoms with van der Waals surface area (Å²) in [6, 6.07) is 19.1. The molecular weight excluding hydrogens is 651 g/mol. The Hall–Kier alpha value is -3.93. The molecule has 0 aliphatic heterocycles. The van der Waals surface area contributed by atoms with Crippen LogP contribution in [0.1, 0.15) is 63.7 Å². The first-order chi connectivity index (χ1) is 19.7. The third-order valence-electron chi connectivity index (χ3n) is 6.21. The average molecular weight is 687 g/mol. The molecule has 0 saturated heterocycles. The van der Waals surface area contributed by atoms with Gasteiger partial charge in [0.15, 0.2) is 0 Å². The minimum absolute atomic E-state index is 0.0261. The summed E-state index contributed by atoms with van der Waals surface area (Å²) in [6.45, 7) is 10.4. The van der Waals surface area contributed by atoms with E-state index in [-0.39, 0.29) is 17.7 Å². The third-order valence-corrected chi connectivity index (χ3v) is 6.97. The largest absolute Gasteiger partial charge is 0.496 e. The highest BCUT2D eigenvalue weighted by Crippen LogP contribution is 2.28. The number of nitrogens with zero attached hydrogens (tertiary/aromatic N) is 2. The molecule has 0 radical (unpaired) electrons. The van der Waals surface area contributed by atoms with Gasteiger partial charge in [0, 0.05) is 16.7 Å². The Morgan fingerprint density at radius 3 is 2.05 bits per heavy atom. The van der Waals surface area contributed by atoms with Crippen LogP contribution in [0.2, 0.25) is 0 Å². The second-order valence-electron chi connectivity index (χ2n) is 10.7. The molecule has 1 atom stereocenters. The first kappa shape index (κ1) is 32.6. The molecule has 3 aromatic carbocycles. The Bertz CT molecular complexity index is 1450. The van der Waals surface area contributed by atoms with Gasteiger partial charge < -0.3 is 14.2 Å². The molecule has 0 aliphatic carbocycles. The highest BCUT2D eigenvalue weighted by Gasteiger charge is 2.42. The third kappa shape index (κ3) is 7.87. The number of rotatable bonds is 7. The second kappa shape index (κ2) is 13.8. The number of hydrazine groups is 1. The Morgan fingerprint density at radius 1 is 0.857 bits per heavy atom. The van der Waals surface area contributed by atoms with E-state index in [1.54, 1.807) is 86.7 Å². The summed E-state index contributed by atoms with van der Waals surface area (Å²) in [5.74, 6) is -1.82. The lowest BCUT2D eigenvalue weighted by Gasteiger charge is -2.41. The van der Waals surface area contributed by atoms with Crippen molar-refractivity contribution in [3.05, 3.63) is 100 Å². The number of carbonyl (C=O) groups is 4. The summed E-state index contributed by atoms with van der Waals surface area (Å²) in [4.78, 5) is 54.8. The summed E-state index contributed by atoms with van der Waals surface area (Å²) in [7, 11) is 1.47. The maximum absolute atomic E-state index is 14.2. The minimum atomic E-state index is -1.40. The molecule has 3 amide bonds. The maximum Gasteiger partial charge on any atom is 0.438 e. The lowest BCUT2D eigenvalue weighted by molar-refractivity contribution is -0.150. The molecule has 222 valence electrons. The van der Waals surface area contributed by atoms with Gasteiger partial charge >= 0.3 is 12.1 Å². The summed E-state index contributed by atoms with van der Waals surface area (Å²) < 4.78 is 14.7. The quantitative estimate of drug-likeness (QED) is 0.120.